The van der Waals surface area contributed by atoms with Gasteiger partial charge in [0.1, 0.15) is 11.2 Å². The molecule has 10 rings (SSSR count). The number of nitrogens with zero attached hydrogens (tertiary/aromatic N) is 1. The number of para-hydroxylation sites is 1. The quantitative estimate of drug-likeness (QED) is 0.166. The molecular weight excluding hydrogens is 655 g/mol. The van der Waals surface area contributed by atoms with Crippen LogP contribution in [0.4, 0.5) is 17.1 Å². The molecule has 0 unspecified atom stereocenters. The van der Waals surface area contributed by atoms with Crippen LogP contribution in [0.1, 0.15) is 0 Å². The Morgan fingerprint density at radius 1 is 0.278 bits per heavy atom. The Morgan fingerprint density at radius 2 is 0.778 bits per heavy atom. The van der Waals surface area contributed by atoms with Crippen molar-refractivity contribution in [3.8, 4) is 44.5 Å². The third-order valence-corrected chi connectivity index (χ3v) is 10.5. The fourth-order valence-corrected chi connectivity index (χ4v) is 7.90. The zero-order valence-electron chi connectivity index (χ0n) is 29.6. The molecule has 1 aromatic heterocycles. The van der Waals surface area contributed by atoms with Crippen LogP contribution in [0.25, 0.3) is 77.2 Å². The van der Waals surface area contributed by atoms with E-state index in [0.29, 0.717) is 0 Å². The van der Waals surface area contributed by atoms with Gasteiger partial charge in [-0.05, 0) is 110 Å². The third kappa shape index (κ3) is 5.62. The van der Waals surface area contributed by atoms with Crippen LogP contribution in [-0.4, -0.2) is 0 Å². The molecule has 254 valence electrons. The van der Waals surface area contributed by atoms with E-state index in [9.17, 15) is 0 Å². The Balaban J connectivity index is 1.04. The standard InChI is InChI=1S/C52H35NO/c1-4-14-36(15-5-1)37-26-30-43(31-27-37)53(42-20-8-3-9-21-42)44-32-28-38(29-33-44)40-18-12-19-41(34-40)45-24-13-25-49-51(45)52-47-23-11-10-22-46(47)48(35-50(52)54-49)39-16-6-2-7-17-39/h1-35H. The van der Waals surface area contributed by atoms with Crippen molar-refractivity contribution < 1.29 is 4.42 Å². The summed E-state index contributed by atoms with van der Waals surface area (Å²) in [7, 11) is 0. The van der Waals surface area contributed by atoms with Crippen molar-refractivity contribution in [1.29, 1.82) is 0 Å². The molecule has 10 aromatic rings. The highest BCUT2D eigenvalue weighted by Gasteiger charge is 2.19. The number of anilines is 3. The molecule has 0 aliphatic heterocycles. The average Bonchev–Trinajstić information content (AvgIpc) is 3.64. The highest BCUT2D eigenvalue weighted by Crippen LogP contribution is 2.44. The molecule has 0 spiro atoms. The molecule has 1 heterocycles. The maximum absolute atomic E-state index is 6.63. The summed E-state index contributed by atoms with van der Waals surface area (Å²) in [5.41, 5.74) is 14.5. The van der Waals surface area contributed by atoms with Gasteiger partial charge in [-0.15, -0.1) is 0 Å². The normalized spacial score (nSPS) is 11.3. The largest absolute Gasteiger partial charge is 0.456 e. The van der Waals surface area contributed by atoms with Gasteiger partial charge in [-0.2, -0.15) is 0 Å². The topological polar surface area (TPSA) is 16.4 Å². The second kappa shape index (κ2) is 13.4. The Labute approximate surface area is 314 Å². The lowest BCUT2D eigenvalue weighted by atomic mass is 9.92. The summed E-state index contributed by atoms with van der Waals surface area (Å²) in [4.78, 5) is 2.31. The van der Waals surface area contributed by atoms with Crippen LogP contribution < -0.4 is 4.90 Å². The number of furan rings is 1. The molecule has 9 aromatic carbocycles. The van der Waals surface area contributed by atoms with Gasteiger partial charge in [-0.3, -0.25) is 0 Å². The predicted molar refractivity (Wildman–Crippen MR) is 228 cm³/mol. The van der Waals surface area contributed by atoms with Crippen molar-refractivity contribution in [2.45, 2.75) is 0 Å². The van der Waals surface area contributed by atoms with E-state index >= 15 is 0 Å². The minimum Gasteiger partial charge on any atom is -0.456 e. The minimum absolute atomic E-state index is 0.894. The van der Waals surface area contributed by atoms with Crippen molar-refractivity contribution in [2.75, 3.05) is 4.90 Å². The number of hydrogen-bond donors (Lipinski definition) is 0. The maximum atomic E-state index is 6.63. The van der Waals surface area contributed by atoms with Crippen LogP contribution in [0, 0.1) is 0 Å². The van der Waals surface area contributed by atoms with E-state index in [2.05, 4.69) is 217 Å². The first-order valence-corrected chi connectivity index (χ1v) is 18.4. The second-order valence-corrected chi connectivity index (χ2v) is 13.7. The first-order valence-electron chi connectivity index (χ1n) is 18.4. The summed E-state index contributed by atoms with van der Waals surface area (Å²) < 4.78 is 6.63. The van der Waals surface area contributed by atoms with E-state index in [1.54, 1.807) is 0 Å². The molecule has 0 bridgehead atoms. The van der Waals surface area contributed by atoms with Crippen molar-refractivity contribution in [1.82, 2.24) is 0 Å². The summed E-state index contributed by atoms with van der Waals surface area (Å²) >= 11 is 0. The molecule has 0 fully saturated rings. The van der Waals surface area contributed by atoms with Gasteiger partial charge >= 0.3 is 0 Å². The third-order valence-electron chi connectivity index (χ3n) is 10.5. The van der Waals surface area contributed by atoms with Crippen LogP contribution >= 0.6 is 0 Å². The molecule has 0 aliphatic rings. The van der Waals surface area contributed by atoms with Crippen LogP contribution in [0.15, 0.2) is 217 Å². The Kier molecular flexibility index (Phi) is 7.85. The molecule has 0 N–H and O–H groups in total. The van der Waals surface area contributed by atoms with E-state index in [0.717, 1.165) is 55.7 Å². The lowest BCUT2D eigenvalue weighted by Gasteiger charge is -2.26. The molecule has 0 saturated carbocycles. The van der Waals surface area contributed by atoms with Crippen molar-refractivity contribution in [3.63, 3.8) is 0 Å². The van der Waals surface area contributed by atoms with Gasteiger partial charge in [-0.1, -0.05) is 158 Å². The molecule has 0 amide bonds. The van der Waals surface area contributed by atoms with Crippen LogP contribution in [0.3, 0.4) is 0 Å². The van der Waals surface area contributed by atoms with Crippen molar-refractivity contribution in [2.24, 2.45) is 0 Å². The molecule has 0 radical (unpaired) electrons. The van der Waals surface area contributed by atoms with E-state index < -0.39 is 0 Å². The van der Waals surface area contributed by atoms with Gasteiger partial charge < -0.3 is 9.32 Å². The lowest BCUT2D eigenvalue weighted by molar-refractivity contribution is 0.669. The first kappa shape index (κ1) is 31.6. The van der Waals surface area contributed by atoms with Crippen LogP contribution in [-0.2, 0) is 0 Å². The number of fused-ring (bicyclic) bond motifs is 5. The van der Waals surface area contributed by atoms with Crippen LogP contribution in [0.2, 0.25) is 0 Å². The predicted octanol–water partition coefficient (Wildman–Crippen LogP) is 14.9. The maximum Gasteiger partial charge on any atom is 0.136 e. The molecule has 2 heteroatoms. The molecular formula is C52H35NO. The Morgan fingerprint density at radius 3 is 1.46 bits per heavy atom. The number of rotatable bonds is 7. The van der Waals surface area contributed by atoms with E-state index in [1.165, 1.54) is 38.6 Å². The Bertz CT molecular complexity index is 2890. The molecule has 0 aliphatic carbocycles. The summed E-state index contributed by atoms with van der Waals surface area (Å²) in [6.07, 6.45) is 0. The highest BCUT2D eigenvalue weighted by atomic mass is 16.3. The summed E-state index contributed by atoms with van der Waals surface area (Å²) in [5, 5.41) is 4.72. The van der Waals surface area contributed by atoms with Gasteiger partial charge in [0.05, 0.1) is 0 Å². The van der Waals surface area contributed by atoms with Crippen LogP contribution in [0.5, 0.6) is 0 Å². The highest BCUT2D eigenvalue weighted by molar-refractivity contribution is 6.25. The average molecular weight is 690 g/mol. The summed E-state index contributed by atoms with van der Waals surface area (Å²) in [6, 6.07) is 75.6. The zero-order chi connectivity index (χ0) is 35.8. The fourth-order valence-electron chi connectivity index (χ4n) is 7.90. The van der Waals surface area contributed by atoms with E-state index in [1.807, 2.05) is 0 Å². The van der Waals surface area contributed by atoms with Gasteiger partial charge in [0, 0.05) is 27.8 Å². The second-order valence-electron chi connectivity index (χ2n) is 13.7. The monoisotopic (exact) mass is 689 g/mol. The molecule has 2 nitrogen and oxygen atoms in total. The smallest absolute Gasteiger partial charge is 0.136 e. The fraction of sp³-hybridized carbons (Fsp3) is 0. The summed E-state index contributed by atoms with van der Waals surface area (Å²) in [5.74, 6) is 0. The minimum atomic E-state index is 0.894. The van der Waals surface area contributed by atoms with Crippen molar-refractivity contribution in [3.05, 3.63) is 212 Å². The van der Waals surface area contributed by atoms with Gasteiger partial charge in [-0.25, -0.2) is 0 Å². The van der Waals surface area contributed by atoms with Gasteiger partial charge in [0.2, 0.25) is 0 Å². The number of benzene rings is 9. The molecule has 0 atom stereocenters. The SMILES string of the molecule is c1ccc(-c2ccc(N(c3ccccc3)c3ccc(-c4cccc(-c5cccc6oc7cc(-c8ccccc8)c8ccccc8c7c56)c4)cc3)cc2)cc1. The van der Waals surface area contributed by atoms with E-state index in [-0.39, 0.29) is 0 Å². The molecule has 0 saturated heterocycles. The van der Waals surface area contributed by atoms with Gasteiger partial charge in [0.15, 0.2) is 0 Å². The number of hydrogen-bond acceptors (Lipinski definition) is 2. The van der Waals surface area contributed by atoms with E-state index in [4.69, 9.17) is 4.42 Å². The van der Waals surface area contributed by atoms with Crippen molar-refractivity contribution >= 4 is 49.8 Å². The molecule has 54 heavy (non-hydrogen) atoms. The zero-order valence-corrected chi connectivity index (χ0v) is 29.6. The summed E-state index contributed by atoms with van der Waals surface area (Å²) in [6.45, 7) is 0. The van der Waals surface area contributed by atoms with Gasteiger partial charge in [0.25, 0.3) is 0 Å². The lowest BCUT2D eigenvalue weighted by Crippen LogP contribution is -2.09. The first-order chi connectivity index (χ1) is 26.8. The Hall–Kier alpha value is -7.16.